The van der Waals surface area contributed by atoms with Gasteiger partial charge in [0.15, 0.2) is 17.3 Å². The van der Waals surface area contributed by atoms with Crippen LogP contribution >= 0.6 is 0 Å². The maximum absolute atomic E-state index is 13.8. The number of ketones is 1. The van der Waals surface area contributed by atoms with Gasteiger partial charge in [0.25, 0.3) is 0 Å². The molecular formula is C39H30O6. The molecule has 222 valence electrons. The molecule has 6 heteroatoms. The third-order valence-corrected chi connectivity index (χ3v) is 7.30. The van der Waals surface area contributed by atoms with E-state index in [1.54, 1.807) is 42.5 Å². The molecule has 0 saturated carbocycles. The third kappa shape index (κ3) is 6.40. The Labute approximate surface area is 261 Å². The van der Waals surface area contributed by atoms with Crippen molar-refractivity contribution in [1.82, 2.24) is 0 Å². The summed E-state index contributed by atoms with van der Waals surface area (Å²) < 4.78 is 23.3. The van der Waals surface area contributed by atoms with Gasteiger partial charge in [0.05, 0.1) is 13.7 Å². The maximum atomic E-state index is 13.8. The fourth-order valence-corrected chi connectivity index (χ4v) is 5.08. The lowest BCUT2D eigenvalue weighted by atomic mass is 10.0. The first kappa shape index (κ1) is 29.2. The highest BCUT2D eigenvalue weighted by atomic mass is 16.6. The van der Waals surface area contributed by atoms with E-state index in [-0.39, 0.29) is 17.1 Å². The molecule has 0 aliphatic carbocycles. The van der Waals surface area contributed by atoms with Crippen LogP contribution < -0.4 is 14.2 Å². The zero-order chi connectivity index (χ0) is 31.2. The van der Waals surface area contributed by atoms with E-state index in [2.05, 4.69) is 0 Å². The Balaban J connectivity index is 1.24. The smallest absolute Gasteiger partial charge is 0.348 e. The van der Waals surface area contributed by atoms with Gasteiger partial charge in [-0.1, -0.05) is 97.1 Å². The number of rotatable bonds is 10. The van der Waals surface area contributed by atoms with E-state index < -0.39 is 5.97 Å². The molecule has 0 unspecified atom stereocenters. The summed E-state index contributed by atoms with van der Waals surface area (Å²) >= 11 is 0. The van der Waals surface area contributed by atoms with Crippen molar-refractivity contribution >= 4 is 28.8 Å². The van der Waals surface area contributed by atoms with Crippen molar-refractivity contribution in [2.75, 3.05) is 13.7 Å². The minimum absolute atomic E-state index is 0.129. The average Bonchev–Trinajstić information content (AvgIpc) is 3.48. The van der Waals surface area contributed by atoms with Crippen LogP contribution in [0.5, 0.6) is 17.2 Å². The van der Waals surface area contributed by atoms with Crippen LogP contribution in [-0.4, -0.2) is 25.5 Å². The highest BCUT2D eigenvalue weighted by Crippen LogP contribution is 2.37. The number of methoxy groups -OCH3 is 1. The van der Waals surface area contributed by atoms with Gasteiger partial charge in [-0.25, -0.2) is 4.79 Å². The number of ether oxygens (including phenoxy) is 3. The fourth-order valence-electron chi connectivity index (χ4n) is 5.08. The highest BCUT2D eigenvalue weighted by Gasteiger charge is 2.25. The van der Waals surface area contributed by atoms with Gasteiger partial charge in [0.1, 0.15) is 22.7 Å². The molecule has 0 atom stereocenters. The topological polar surface area (TPSA) is 75.0 Å². The van der Waals surface area contributed by atoms with Crippen molar-refractivity contribution in [3.8, 4) is 39.7 Å². The number of carbonyl (C=O) groups excluding carboxylic acids is 2. The Bertz CT molecular complexity index is 1990. The first-order valence-electron chi connectivity index (χ1n) is 14.6. The van der Waals surface area contributed by atoms with Crippen LogP contribution in [0.3, 0.4) is 0 Å². The zero-order valence-electron chi connectivity index (χ0n) is 24.9. The lowest BCUT2D eigenvalue weighted by Crippen LogP contribution is -2.10. The average molecular weight is 595 g/mol. The minimum Gasteiger partial charge on any atom is -0.494 e. The van der Waals surface area contributed by atoms with Gasteiger partial charge in [0.2, 0.25) is 0 Å². The molecule has 0 aliphatic rings. The normalized spacial score (nSPS) is 11.1. The molecule has 0 saturated heterocycles. The summed E-state index contributed by atoms with van der Waals surface area (Å²) in [5, 5.41) is 0.582. The lowest BCUT2D eigenvalue weighted by Gasteiger charge is -2.11. The van der Waals surface area contributed by atoms with Gasteiger partial charge in [-0.05, 0) is 60.0 Å². The van der Waals surface area contributed by atoms with E-state index in [0.717, 1.165) is 16.7 Å². The van der Waals surface area contributed by atoms with Crippen LogP contribution in [0.4, 0.5) is 0 Å². The van der Waals surface area contributed by atoms with Crippen molar-refractivity contribution in [3.05, 3.63) is 144 Å². The number of hydrogen-bond acceptors (Lipinski definition) is 6. The van der Waals surface area contributed by atoms with Crippen molar-refractivity contribution in [3.63, 3.8) is 0 Å². The molecule has 6 aromatic rings. The largest absolute Gasteiger partial charge is 0.494 e. The monoisotopic (exact) mass is 594 g/mol. The number of allylic oxidation sites excluding steroid dienone is 1. The van der Waals surface area contributed by atoms with Crippen LogP contribution in [0.25, 0.3) is 39.5 Å². The summed E-state index contributed by atoms with van der Waals surface area (Å²) in [5.74, 6) is 0.867. The molecule has 6 nitrogen and oxygen atoms in total. The second kappa shape index (κ2) is 13.2. The van der Waals surface area contributed by atoms with Gasteiger partial charge in [0, 0.05) is 16.5 Å². The second-order valence-electron chi connectivity index (χ2n) is 10.2. The number of benzene rings is 5. The second-order valence-corrected chi connectivity index (χ2v) is 10.2. The van der Waals surface area contributed by atoms with Gasteiger partial charge in [-0.3, -0.25) is 4.79 Å². The molecule has 6 rings (SSSR count). The van der Waals surface area contributed by atoms with Crippen LogP contribution in [0.1, 0.15) is 33.2 Å². The van der Waals surface area contributed by atoms with Crippen LogP contribution in [0, 0.1) is 0 Å². The van der Waals surface area contributed by atoms with Crippen LogP contribution in [-0.2, 0) is 0 Å². The number of fused-ring (bicyclic) bond motifs is 1. The number of esters is 1. The van der Waals surface area contributed by atoms with Gasteiger partial charge >= 0.3 is 5.97 Å². The summed E-state index contributed by atoms with van der Waals surface area (Å²) in [6.07, 6.45) is 3.21. The van der Waals surface area contributed by atoms with Crippen molar-refractivity contribution in [2.24, 2.45) is 0 Å². The molecule has 0 spiro atoms. The summed E-state index contributed by atoms with van der Waals surface area (Å²) in [6, 6.07) is 37.4. The summed E-state index contributed by atoms with van der Waals surface area (Å²) in [7, 11) is 1.50. The first-order chi connectivity index (χ1) is 22.0. The highest BCUT2D eigenvalue weighted by molar-refractivity contribution is 6.10. The fraction of sp³-hybridized carbons (Fsp3) is 0.0769. The standard InChI is InChI=1S/C39H30O6/c1-3-43-31-20-23-34-32(25-31)37(38(44-34)30-12-8-5-9-13-30)39(41)45-35-22-15-26(24-36(35)42-2)14-21-33(40)29-18-16-28(17-19-29)27-10-6-4-7-11-27/h4-25H,3H2,1-2H3/b21-14+. The predicted octanol–water partition coefficient (Wildman–Crippen LogP) is 9.29. The first-order valence-corrected chi connectivity index (χ1v) is 14.6. The Morgan fingerprint density at radius 3 is 2.11 bits per heavy atom. The Morgan fingerprint density at radius 2 is 1.42 bits per heavy atom. The Kier molecular flexibility index (Phi) is 8.56. The molecule has 0 aliphatic heterocycles. The molecule has 0 N–H and O–H groups in total. The molecule has 5 aromatic carbocycles. The van der Waals surface area contributed by atoms with E-state index in [0.29, 0.717) is 46.0 Å². The third-order valence-electron chi connectivity index (χ3n) is 7.30. The zero-order valence-corrected chi connectivity index (χ0v) is 24.9. The minimum atomic E-state index is -0.600. The molecule has 1 aromatic heterocycles. The van der Waals surface area contributed by atoms with E-state index in [1.807, 2.05) is 91.9 Å². The molecule has 1 heterocycles. The molecule has 0 bridgehead atoms. The van der Waals surface area contributed by atoms with Crippen molar-refractivity contribution in [2.45, 2.75) is 6.92 Å². The summed E-state index contributed by atoms with van der Waals surface area (Å²) in [5.41, 5.74) is 4.99. The van der Waals surface area contributed by atoms with Gasteiger partial charge < -0.3 is 18.6 Å². The number of furan rings is 1. The van der Waals surface area contributed by atoms with Crippen LogP contribution in [0.2, 0.25) is 0 Å². The SMILES string of the molecule is CCOc1ccc2oc(-c3ccccc3)c(C(=O)Oc3ccc(/C=C/C(=O)c4ccc(-c5ccccc5)cc4)cc3OC)c2c1. The Morgan fingerprint density at radius 1 is 0.733 bits per heavy atom. The summed E-state index contributed by atoms with van der Waals surface area (Å²) in [6.45, 7) is 2.38. The molecular weight excluding hydrogens is 564 g/mol. The quantitative estimate of drug-likeness (QED) is 0.0681. The summed E-state index contributed by atoms with van der Waals surface area (Å²) in [4.78, 5) is 26.6. The molecule has 0 fully saturated rings. The van der Waals surface area contributed by atoms with E-state index in [9.17, 15) is 9.59 Å². The Hall–Kier alpha value is -5.88. The maximum Gasteiger partial charge on any atom is 0.348 e. The van der Waals surface area contributed by atoms with E-state index in [4.69, 9.17) is 18.6 Å². The van der Waals surface area contributed by atoms with Crippen molar-refractivity contribution < 1.29 is 28.2 Å². The number of hydrogen-bond donors (Lipinski definition) is 0. The predicted molar refractivity (Wildman–Crippen MR) is 176 cm³/mol. The lowest BCUT2D eigenvalue weighted by molar-refractivity contribution is 0.0731. The van der Waals surface area contributed by atoms with Crippen LogP contribution in [0.15, 0.2) is 132 Å². The molecule has 45 heavy (non-hydrogen) atoms. The molecule has 0 radical (unpaired) electrons. The van der Waals surface area contributed by atoms with E-state index >= 15 is 0 Å². The van der Waals surface area contributed by atoms with E-state index in [1.165, 1.54) is 13.2 Å². The van der Waals surface area contributed by atoms with Crippen molar-refractivity contribution in [1.29, 1.82) is 0 Å². The number of carbonyl (C=O) groups is 2. The van der Waals surface area contributed by atoms with Gasteiger partial charge in [-0.2, -0.15) is 0 Å². The molecule has 0 amide bonds. The van der Waals surface area contributed by atoms with Gasteiger partial charge in [-0.15, -0.1) is 0 Å².